The smallest absolute Gasteiger partial charge is 0.225 e. The Kier molecular flexibility index (Phi) is 5.46. The van der Waals surface area contributed by atoms with Gasteiger partial charge in [0.1, 0.15) is 5.76 Å². The van der Waals surface area contributed by atoms with Gasteiger partial charge in [0.05, 0.1) is 36.1 Å². The molecule has 1 atom stereocenters. The Morgan fingerprint density at radius 2 is 1.84 bits per heavy atom. The second-order valence-corrected chi connectivity index (χ2v) is 8.15. The van der Waals surface area contributed by atoms with Crippen LogP contribution in [0.25, 0.3) is 11.0 Å². The van der Waals surface area contributed by atoms with Gasteiger partial charge in [-0.3, -0.25) is 9.59 Å². The number of carbonyl (C=O) groups excluding carboxylic acids is 2. The standard InChI is InChI=1S/C25H24N4O3/c30-24-12-20(15-28(24)16-21-4-3-11-32-21)25(31)26-13-18-7-9-19(10-8-18)14-29-17-27-22-5-1-2-6-23(22)29/h1-11,17,20H,12-16H2,(H,26,31)/t20-/m0/s1. The average molecular weight is 428 g/mol. The molecule has 0 bridgehead atoms. The molecule has 1 N–H and O–H groups in total. The molecule has 3 heterocycles. The van der Waals surface area contributed by atoms with Crippen LogP contribution in [0, 0.1) is 5.92 Å². The Morgan fingerprint density at radius 3 is 2.66 bits per heavy atom. The van der Waals surface area contributed by atoms with Crippen molar-refractivity contribution in [3.8, 4) is 0 Å². The van der Waals surface area contributed by atoms with Crippen LogP contribution >= 0.6 is 0 Å². The molecule has 1 aliphatic heterocycles. The lowest BCUT2D eigenvalue weighted by molar-refractivity contribution is -0.129. The van der Waals surface area contributed by atoms with Gasteiger partial charge in [-0.15, -0.1) is 0 Å². The van der Waals surface area contributed by atoms with Crippen molar-refractivity contribution < 1.29 is 14.0 Å². The van der Waals surface area contributed by atoms with E-state index in [-0.39, 0.29) is 24.2 Å². The van der Waals surface area contributed by atoms with Crippen LogP contribution < -0.4 is 5.32 Å². The minimum atomic E-state index is -0.328. The topological polar surface area (TPSA) is 80.4 Å². The quantitative estimate of drug-likeness (QED) is 0.490. The lowest BCUT2D eigenvalue weighted by Crippen LogP contribution is -2.32. The van der Waals surface area contributed by atoms with E-state index in [9.17, 15) is 9.59 Å². The molecule has 0 aliphatic carbocycles. The number of nitrogens with zero attached hydrogens (tertiary/aromatic N) is 3. The van der Waals surface area contributed by atoms with Gasteiger partial charge < -0.3 is 19.2 Å². The van der Waals surface area contributed by atoms with E-state index in [0.717, 1.165) is 34.5 Å². The number of rotatable bonds is 7. The van der Waals surface area contributed by atoms with Crippen LogP contribution in [0.5, 0.6) is 0 Å². The lowest BCUT2D eigenvalue weighted by atomic mass is 10.1. The molecule has 7 nitrogen and oxygen atoms in total. The fourth-order valence-corrected chi connectivity index (χ4v) is 4.12. The highest BCUT2D eigenvalue weighted by atomic mass is 16.3. The summed E-state index contributed by atoms with van der Waals surface area (Å²) in [5, 5.41) is 2.97. The van der Waals surface area contributed by atoms with Crippen LogP contribution in [0.3, 0.4) is 0 Å². The number of likely N-dealkylation sites (tertiary alicyclic amines) is 1. The number of nitrogens with one attached hydrogen (secondary N) is 1. The van der Waals surface area contributed by atoms with Gasteiger partial charge in [-0.1, -0.05) is 36.4 Å². The summed E-state index contributed by atoms with van der Waals surface area (Å²) in [5.41, 5.74) is 4.28. The van der Waals surface area contributed by atoms with Gasteiger partial charge in [-0.2, -0.15) is 0 Å². The molecule has 2 aromatic heterocycles. The SMILES string of the molecule is O=C(NCc1ccc(Cn2cnc3ccccc32)cc1)[C@H]1CC(=O)N(Cc2ccco2)C1. The predicted molar refractivity (Wildman–Crippen MR) is 119 cm³/mol. The molecule has 0 saturated carbocycles. The van der Waals surface area contributed by atoms with Crippen LogP contribution in [0.2, 0.25) is 0 Å². The van der Waals surface area contributed by atoms with Crippen LogP contribution in [0.4, 0.5) is 0 Å². The van der Waals surface area contributed by atoms with Gasteiger partial charge in [0, 0.05) is 26.1 Å². The number of hydrogen-bond donors (Lipinski definition) is 1. The predicted octanol–water partition coefficient (Wildman–Crippen LogP) is 3.34. The molecule has 5 rings (SSSR count). The van der Waals surface area contributed by atoms with Gasteiger partial charge in [0.2, 0.25) is 11.8 Å². The Balaban J connectivity index is 1.14. The number of para-hydroxylation sites is 2. The summed E-state index contributed by atoms with van der Waals surface area (Å²) >= 11 is 0. The molecule has 32 heavy (non-hydrogen) atoms. The van der Waals surface area contributed by atoms with E-state index < -0.39 is 0 Å². The molecule has 2 amide bonds. The number of furan rings is 1. The number of amides is 2. The van der Waals surface area contributed by atoms with Crippen molar-refractivity contribution in [3.05, 3.63) is 90.1 Å². The van der Waals surface area contributed by atoms with Gasteiger partial charge in [0.15, 0.2) is 0 Å². The highest BCUT2D eigenvalue weighted by Gasteiger charge is 2.34. The van der Waals surface area contributed by atoms with Crippen LogP contribution in [0.1, 0.15) is 23.3 Å². The Labute approximate surface area is 185 Å². The summed E-state index contributed by atoms with van der Waals surface area (Å²) < 4.78 is 7.43. The maximum Gasteiger partial charge on any atom is 0.225 e. The van der Waals surface area contributed by atoms with E-state index in [0.29, 0.717) is 19.6 Å². The zero-order valence-electron chi connectivity index (χ0n) is 17.6. The highest BCUT2D eigenvalue weighted by molar-refractivity contribution is 5.89. The largest absolute Gasteiger partial charge is 0.467 e. The zero-order valence-corrected chi connectivity index (χ0v) is 17.6. The molecule has 162 valence electrons. The zero-order chi connectivity index (χ0) is 21.9. The van der Waals surface area contributed by atoms with E-state index >= 15 is 0 Å². The number of fused-ring (bicyclic) bond motifs is 1. The molecule has 4 aromatic rings. The van der Waals surface area contributed by atoms with Gasteiger partial charge in [0.25, 0.3) is 0 Å². The molecular formula is C25H24N4O3. The molecule has 1 saturated heterocycles. The third kappa shape index (κ3) is 4.27. The van der Waals surface area contributed by atoms with E-state index in [4.69, 9.17) is 4.42 Å². The summed E-state index contributed by atoms with van der Waals surface area (Å²) in [6, 6.07) is 19.9. The summed E-state index contributed by atoms with van der Waals surface area (Å²) in [6.45, 7) is 2.01. The first kappa shape index (κ1) is 20.1. The average Bonchev–Trinajstić information content (AvgIpc) is 3.55. The van der Waals surface area contributed by atoms with Crippen molar-refractivity contribution in [1.29, 1.82) is 0 Å². The summed E-state index contributed by atoms with van der Waals surface area (Å²) in [6.07, 6.45) is 3.68. The number of benzene rings is 2. The highest BCUT2D eigenvalue weighted by Crippen LogP contribution is 2.21. The van der Waals surface area contributed by atoms with Crippen LogP contribution in [-0.2, 0) is 29.2 Å². The first-order chi connectivity index (χ1) is 15.7. The van der Waals surface area contributed by atoms with Gasteiger partial charge >= 0.3 is 0 Å². The van der Waals surface area contributed by atoms with E-state index in [1.165, 1.54) is 0 Å². The third-order valence-corrected chi connectivity index (χ3v) is 5.88. The van der Waals surface area contributed by atoms with Crippen LogP contribution in [-0.4, -0.2) is 32.8 Å². The van der Waals surface area contributed by atoms with Crippen molar-refractivity contribution >= 4 is 22.8 Å². The molecular weight excluding hydrogens is 404 g/mol. The summed E-state index contributed by atoms with van der Waals surface area (Å²) in [7, 11) is 0. The van der Waals surface area contributed by atoms with Crippen molar-refractivity contribution in [2.24, 2.45) is 5.92 Å². The molecule has 1 fully saturated rings. The van der Waals surface area contributed by atoms with Crippen LogP contribution in [0.15, 0.2) is 77.7 Å². The Hall–Kier alpha value is -3.87. The first-order valence-electron chi connectivity index (χ1n) is 10.7. The Bertz CT molecular complexity index is 1230. The van der Waals surface area contributed by atoms with Crippen molar-refractivity contribution in [2.75, 3.05) is 6.54 Å². The Morgan fingerprint density at radius 1 is 1.03 bits per heavy atom. The number of imidazole rings is 1. The number of hydrogen-bond acceptors (Lipinski definition) is 4. The van der Waals surface area contributed by atoms with Gasteiger partial charge in [-0.25, -0.2) is 4.98 Å². The molecule has 1 aliphatic rings. The fourth-order valence-electron chi connectivity index (χ4n) is 4.12. The molecule has 0 unspecified atom stereocenters. The second-order valence-electron chi connectivity index (χ2n) is 8.15. The molecule has 2 aromatic carbocycles. The number of aromatic nitrogens is 2. The van der Waals surface area contributed by atoms with Crippen molar-refractivity contribution in [1.82, 2.24) is 19.8 Å². The minimum absolute atomic E-state index is 0.0158. The molecule has 0 radical (unpaired) electrons. The van der Waals surface area contributed by atoms with Crippen molar-refractivity contribution in [3.63, 3.8) is 0 Å². The third-order valence-electron chi connectivity index (χ3n) is 5.88. The maximum absolute atomic E-state index is 12.6. The number of carbonyl (C=O) groups is 2. The van der Waals surface area contributed by atoms with Crippen molar-refractivity contribution in [2.45, 2.75) is 26.1 Å². The lowest BCUT2D eigenvalue weighted by Gasteiger charge is -2.15. The van der Waals surface area contributed by atoms with E-state index in [1.54, 1.807) is 17.2 Å². The fraction of sp³-hybridized carbons (Fsp3) is 0.240. The summed E-state index contributed by atoms with van der Waals surface area (Å²) in [5.74, 6) is 0.293. The van der Waals surface area contributed by atoms with E-state index in [1.807, 2.05) is 42.7 Å². The molecule has 7 heteroatoms. The maximum atomic E-state index is 12.6. The monoisotopic (exact) mass is 428 g/mol. The second kappa shape index (κ2) is 8.70. The molecule has 0 spiro atoms. The van der Waals surface area contributed by atoms with Gasteiger partial charge in [-0.05, 0) is 35.4 Å². The van der Waals surface area contributed by atoms with E-state index in [2.05, 4.69) is 33.1 Å². The normalized spacial score (nSPS) is 16.1. The minimum Gasteiger partial charge on any atom is -0.467 e. The summed E-state index contributed by atoms with van der Waals surface area (Å²) in [4.78, 5) is 30.9. The first-order valence-corrected chi connectivity index (χ1v) is 10.7.